The smallest absolute Gasteiger partial charge is 0.259 e. The van der Waals surface area contributed by atoms with Crippen LogP contribution in [0.4, 0.5) is 4.39 Å². The third-order valence-corrected chi connectivity index (χ3v) is 4.69. The first-order valence-corrected chi connectivity index (χ1v) is 8.83. The molecule has 1 N–H and O–H groups in total. The highest BCUT2D eigenvalue weighted by Crippen LogP contribution is 2.18. The lowest BCUT2D eigenvalue weighted by Crippen LogP contribution is -2.30. The van der Waals surface area contributed by atoms with Gasteiger partial charge in [-0.1, -0.05) is 23.7 Å². The van der Waals surface area contributed by atoms with E-state index in [1.165, 1.54) is 17.2 Å². The minimum Gasteiger partial charge on any atom is -0.358 e. The van der Waals surface area contributed by atoms with E-state index in [-0.39, 0.29) is 16.5 Å². The number of carbonyl (C=O) groups is 1. The number of carbonyl (C=O) groups excluding carboxylic acids is 1. The first kappa shape index (κ1) is 17.9. The Kier molecular flexibility index (Phi) is 5.10. The molecular weight excluding hydrogens is 458 g/mol. The summed E-state index contributed by atoms with van der Waals surface area (Å²) < 4.78 is 14.5. The van der Waals surface area contributed by atoms with Crippen molar-refractivity contribution in [2.24, 2.45) is 0 Å². The van der Waals surface area contributed by atoms with E-state index in [0.29, 0.717) is 15.1 Å². The molecule has 0 unspecified atom stereocenters. The Morgan fingerprint density at radius 2 is 1.96 bits per heavy atom. The molecule has 1 heterocycles. The molecule has 0 bridgehead atoms. The van der Waals surface area contributed by atoms with Gasteiger partial charge < -0.3 is 9.88 Å². The maximum atomic E-state index is 14.0. The van der Waals surface area contributed by atoms with Gasteiger partial charge in [-0.15, -0.1) is 0 Å². The number of rotatable bonds is 3. The first-order valence-electron chi connectivity index (χ1n) is 7.37. The highest BCUT2D eigenvalue weighted by Gasteiger charge is 2.18. The van der Waals surface area contributed by atoms with E-state index in [4.69, 9.17) is 11.6 Å². The number of hydrogen-bond acceptors (Lipinski definition) is 2. The molecule has 3 rings (SSSR count). The molecule has 0 fully saturated rings. The Labute approximate surface area is 161 Å². The molecule has 1 aromatic heterocycles. The van der Waals surface area contributed by atoms with Gasteiger partial charge in [0.1, 0.15) is 11.4 Å². The Bertz CT molecular complexity index is 1020. The third-order valence-electron chi connectivity index (χ3n) is 3.82. The molecule has 0 atom stereocenters. The lowest BCUT2D eigenvalue weighted by Gasteiger charge is -2.17. The van der Waals surface area contributed by atoms with Crippen LogP contribution >= 0.6 is 34.2 Å². The van der Waals surface area contributed by atoms with Crippen molar-refractivity contribution >= 4 is 51.0 Å². The van der Waals surface area contributed by atoms with Crippen molar-refractivity contribution in [1.29, 1.82) is 0 Å². The van der Waals surface area contributed by atoms with Gasteiger partial charge in [-0.05, 0) is 52.4 Å². The molecule has 0 aliphatic heterocycles. The molecule has 128 valence electrons. The number of nitrogens with one attached hydrogen (secondary N) is 1. The van der Waals surface area contributed by atoms with Gasteiger partial charge in [-0.25, -0.2) is 4.39 Å². The quantitative estimate of drug-likeness (QED) is 0.584. The van der Waals surface area contributed by atoms with Gasteiger partial charge in [-0.2, -0.15) is 0 Å². The van der Waals surface area contributed by atoms with Gasteiger partial charge in [0.15, 0.2) is 0 Å². The number of aromatic nitrogens is 1. The summed E-state index contributed by atoms with van der Waals surface area (Å²) in [4.78, 5) is 29.4. The van der Waals surface area contributed by atoms with Crippen molar-refractivity contribution in [3.8, 4) is 0 Å². The molecule has 0 spiro atoms. The SMILES string of the molecule is CN(Cc1ccc(Cl)cc1)C(=O)c1c[nH]c2c(F)cc(I)cc2c1=O. The maximum absolute atomic E-state index is 14.0. The molecular formula is C18H13ClFIN2O2. The third kappa shape index (κ3) is 3.69. The predicted octanol–water partition coefficient (Wildman–Crippen LogP) is 4.20. The van der Waals surface area contributed by atoms with E-state index >= 15 is 0 Å². The molecule has 0 saturated carbocycles. The van der Waals surface area contributed by atoms with Crippen LogP contribution in [0.1, 0.15) is 15.9 Å². The molecule has 25 heavy (non-hydrogen) atoms. The fraction of sp³-hybridized carbons (Fsp3) is 0.111. The molecule has 7 heteroatoms. The van der Waals surface area contributed by atoms with Crippen LogP contribution in [0.5, 0.6) is 0 Å². The zero-order valence-electron chi connectivity index (χ0n) is 13.1. The van der Waals surface area contributed by atoms with E-state index in [2.05, 4.69) is 4.98 Å². The fourth-order valence-corrected chi connectivity index (χ4v) is 3.27. The van der Waals surface area contributed by atoms with Crippen LogP contribution in [0.3, 0.4) is 0 Å². The van der Waals surface area contributed by atoms with Crippen LogP contribution in [0.25, 0.3) is 10.9 Å². The largest absolute Gasteiger partial charge is 0.358 e. The molecule has 0 aliphatic carbocycles. The molecule has 0 aliphatic rings. The minimum atomic E-state index is -0.521. The number of fused-ring (bicyclic) bond motifs is 1. The number of H-pyrrole nitrogens is 1. The number of nitrogens with zero attached hydrogens (tertiary/aromatic N) is 1. The summed E-state index contributed by atoms with van der Waals surface area (Å²) in [5.74, 6) is -0.954. The van der Waals surface area contributed by atoms with Gasteiger partial charge in [0.05, 0.1) is 10.9 Å². The number of halogens is 3. The van der Waals surface area contributed by atoms with Crippen molar-refractivity contribution in [3.63, 3.8) is 0 Å². The van der Waals surface area contributed by atoms with Crippen molar-refractivity contribution < 1.29 is 9.18 Å². The van der Waals surface area contributed by atoms with Crippen LogP contribution in [-0.2, 0) is 6.54 Å². The number of aromatic amines is 1. The summed E-state index contributed by atoms with van der Waals surface area (Å²) in [5.41, 5.74) is 0.477. The molecule has 0 radical (unpaired) electrons. The second-order valence-corrected chi connectivity index (χ2v) is 7.31. The Morgan fingerprint density at radius 3 is 2.64 bits per heavy atom. The minimum absolute atomic E-state index is 0.0228. The molecule has 4 nitrogen and oxygen atoms in total. The summed E-state index contributed by atoms with van der Waals surface area (Å²) in [6.07, 6.45) is 1.27. The Morgan fingerprint density at radius 1 is 1.28 bits per heavy atom. The number of benzene rings is 2. The van der Waals surface area contributed by atoms with Crippen molar-refractivity contribution in [3.05, 3.63) is 78.4 Å². The van der Waals surface area contributed by atoms with Crippen LogP contribution in [0, 0.1) is 9.39 Å². The summed E-state index contributed by atoms with van der Waals surface area (Å²) in [6.45, 7) is 0.328. The van der Waals surface area contributed by atoms with E-state index in [0.717, 1.165) is 5.56 Å². The number of amides is 1. The lowest BCUT2D eigenvalue weighted by molar-refractivity contribution is 0.0783. The van der Waals surface area contributed by atoms with Gasteiger partial charge in [-0.3, -0.25) is 9.59 Å². The zero-order chi connectivity index (χ0) is 18.1. The lowest BCUT2D eigenvalue weighted by atomic mass is 10.1. The summed E-state index contributed by atoms with van der Waals surface area (Å²) in [6, 6.07) is 10.00. The van der Waals surface area contributed by atoms with Gasteiger partial charge in [0.2, 0.25) is 5.43 Å². The van der Waals surface area contributed by atoms with Crippen LogP contribution < -0.4 is 5.43 Å². The summed E-state index contributed by atoms with van der Waals surface area (Å²) in [5, 5.41) is 0.774. The second-order valence-electron chi connectivity index (χ2n) is 5.63. The van der Waals surface area contributed by atoms with Crippen molar-refractivity contribution in [2.75, 3.05) is 7.05 Å². The van der Waals surface area contributed by atoms with Crippen LogP contribution in [-0.4, -0.2) is 22.8 Å². The van der Waals surface area contributed by atoms with Crippen molar-refractivity contribution in [2.45, 2.75) is 6.54 Å². The van der Waals surface area contributed by atoms with E-state index in [1.54, 1.807) is 25.2 Å². The highest BCUT2D eigenvalue weighted by atomic mass is 127. The fourth-order valence-electron chi connectivity index (χ4n) is 2.55. The maximum Gasteiger partial charge on any atom is 0.259 e. The number of hydrogen-bond donors (Lipinski definition) is 1. The monoisotopic (exact) mass is 470 g/mol. The first-order chi connectivity index (χ1) is 11.9. The van der Waals surface area contributed by atoms with E-state index in [9.17, 15) is 14.0 Å². The average molecular weight is 471 g/mol. The standard InChI is InChI=1S/C18H13ClFIN2O2/c1-23(9-10-2-4-11(19)5-3-10)18(25)14-8-22-16-13(17(14)24)6-12(21)7-15(16)20/h2-8H,9H2,1H3,(H,22,24). The van der Waals surface area contributed by atoms with Gasteiger partial charge in [0, 0.05) is 28.4 Å². The normalized spacial score (nSPS) is 10.9. The van der Waals surface area contributed by atoms with E-state index < -0.39 is 17.2 Å². The molecule has 1 amide bonds. The predicted molar refractivity (Wildman–Crippen MR) is 104 cm³/mol. The zero-order valence-corrected chi connectivity index (χ0v) is 16.1. The summed E-state index contributed by atoms with van der Waals surface area (Å²) >= 11 is 7.78. The van der Waals surface area contributed by atoms with E-state index in [1.807, 2.05) is 34.7 Å². The average Bonchev–Trinajstić information content (AvgIpc) is 2.57. The highest BCUT2D eigenvalue weighted by molar-refractivity contribution is 14.1. The molecule has 0 saturated heterocycles. The topological polar surface area (TPSA) is 53.2 Å². The molecule has 2 aromatic carbocycles. The van der Waals surface area contributed by atoms with Gasteiger partial charge >= 0.3 is 0 Å². The van der Waals surface area contributed by atoms with Crippen LogP contribution in [0.15, 0.2) is 47.4 Å². The van der Waals surface area contributed by atoms with Crippen molar-refractivity contribution in [1.82, 2.24) is 9.88 Å². The van der Waals surface area contributed by atoms with Crippen LogP contribution in [0.2, 0.25) is 5.02 Å². The second kappa shape index (κ2) is 7.13. The van der Waals surface area contributed by atoms with Gasteiger partial charge in [0.25, 0.3) is 5.91 Å². The Hall–Kier alpha value is -1.93. The molecule has 3 aromatic rings. The Balaban J connectivity index is 1.95. The number of pyridine rings is 1. The summed E-state index contributed by atoms with van der Waals surface area (Å²) in [7, 11) is 1.61.